The van der Waals surface area contributed by atoms with Gasteiger partial charge in [-0.25, -0.2) is 16.8 Å². The molecule has 5 nitrogen and oxygen atoms in total. The van der Waals surface area contributed by atoms with Crippen LogP contribution in [-0.2, 0) is 18.9 Å². The fraction of sp³-hybridized carbons (Fsp3) is 0.538. The van der Waals surface area contributed by atoms with Crippen LogP contribution in [0.1, 0.15) is 30.9 Å². The van der Waals surface area contributed by atoms with Crippen LogP contribution in [0.4, 0.5) is 0 Å². The molecule has 0 aromatic heterocycles. The number of rotatable bonds is 6. The van der Waals surface area contributed by atoms with E-state index in [0.29, 0.717) is 16.9 Å². The van der Waals surface area contributed by atoms with Gasteiger partial charge in [-0.1, -0.05) is 13.8 Å². The van der Waals surface area contributed by atoms with Gasteiger partial charge in [0.2, 0.25) is 0 Å². The van der Waals surface area contributed by atoms with Crippen LogP contribution in [0.2, 0.25) is 0 Å². The van der Waals surface area contributed by atoms with Crippen LogP contribution >= 0.6 is 10.7 Å². The number of hydrogen-bond donors (Lipinski definition) is 0. The molecule has 0 atom stereocenters. The molecule has 0 N–H and O–H groups in total. The van der Waals surface area contributed by atoms with E-state index in [1.807, 2.05) is 13.8 Å². The summed E-state index contributed by atoms with van der Waals surface area (Å²) < 4.78 is 50.9. The van der Waals surface area contributed by atoms with Crippen molar-refractivity contribution in [3.8, 4) is 5.75 Å². The summed E-state index contributed by atoms with van der Waals surface area (Å²) in [5.41, 5.74) is 1.14. The molecular formula is C13H19ClO5S2. The van der Waals surface area contributed by atoms with E-state index in [9.17, 15) is 16.8 Å². The fourth-order valence-corrected chi connectivity index (χ4v) is 3.48. The van der Waals surface area contributed by atoms with E-state index >= 15 is 0 Å². The van der Waals surface area contributed by atoms with Gasteiger partial charge in [0.25, 0.3) is 9.05 Å². The zero-order chi connectivity index (χ0) is 16.4. The molecule has 1 aromatic rings. The average Bonchev–Trinajstić information content (AvgIpc) is 2.27. The quantitative estimate of drug-likeness (QED) is 0.733. The maximum Gasteiger partial charge on any atom is 0.261 e. The maximum atomic E-state index is 11.6. The Hall–Kier alpha value is -0.790. The van der Waals surface area contributed by atoms with Crippen molar-refractivity contribution in [2.75, 3.05) is 18.6 Å². The Kier molecular flexibility index (Phi) is 5.69. The van der Waals surface area contributed by atoms with Gasteiger partial charge in [0.15, 0.2) is 9.84 Å². The fourth-order valence-electron chi connectivity index (χ4n) is 1.80. The number of aryl methyl sites for hydroxylation is 1. The Morgan fingerprint density at radius 2 is 1.76 bits per heavy atom. The molecule has 0 bridgehead atoms. The van der Waals surface area contributed by atoms with E-state index in [1.54, 1.807) is 13.0 Å². The van der Waals surface area contributed by atoms with Gasteiger partial charge >= 0.3 is 0 Å². The van der Waals surface area contributed by atoms with Crippen LogP contribution in [0.5, 0.6) is 5.75 Å². The Morgan fingerprint density at radius 3 is 2.19 bits per heavy atom. The van der Waals surface area contributed by atoms with Crippen LogP contribution in [0, 0.1) is 6.92 Å². The average molecular weight is 355 g/mol. The van der Waals surface area contributed by atoms with Crippen LogP contribution in [0.25, 0.3) is 0 Å². The van der Waals surface area contributed by atoms with Crippen molar-refractivity contribution < 1.29 is 21.6 Å². The van der Waals surface area contributed by atoms with Gasteiger partial charge in [0, 0.05) is 16.9 Å². The van der Waals surface area contributed by atoms with E-state index in [0.717, 1.165) is 6.26 Å². The van der Waals surface area contributed by atoms with Crippen molar-refractivity contribution >= 4 is 29.6 Å². The summed E-state index contributed by atoms with van der Waals surface area (Å²) in [6, 6.07) is 3.06. The molecule has 1 aromatic carbocycles. The lowest BCUT2D eigenvalue weighted by molar-refractivity contribution is 0.338. The van der Waals surface area contributed by atoms with E-state index in [1.165, 1.54) is 6.07 Å². The highest BCUT2D eigenvalue weighted by Crippen LogP contribution is 2.32. The van der Waals surface area contributed by atoms with Crippen molar-refractivity contribution in [1.82, 2.24) is 0 Å². The van der Waals surface area contributed by atoms with Gasteiger partial charge in [-0.2, -0.15) is 0 Å². The molecule has 21 heavy (non-hydrogen) atoms. The van der Waals surface area contributed by atoms with Gasteiger partial charge in [-0.05, 0) is 36.1 Å². The topological polar surface area (TPSA) is 77.5 Å². The maximum absolute atomic E-state index is 11.6. The summed E-state index contributed by atoms with van der Waals surface area (Å²) in [5, 5.41) is 0. The second-order valence-corrected chi connectivity index (χ2v) is 10.0. The number of sulfone groups is 1. The Morgan fingerprint density at radius 1 is 1.19 bits per heavy atom. The molecule has 0 heterocycles. The molecule has 0 fully saturated rings. The summed E-state index contributed by atoms with van der Waals surface area (Å²) in [5.74, 6) is 0.303. The molecule has 0 radical (unpaired) electrons. The molecule has 0 spiro atoms. The largest absolute Gasteiger partial charge is 0.492 e. The minimum Gasteiger partial charge on any atom is -0.492 e. The first-order chi connectivity index (χ1) is 9.42. The third-order valence-electron chi connectivity index (χ3n) is 2.90. The van der Waals surface area contributed by atoms with E-state index in [-0.39, 0.29) is 23.2 Å². The molecule has 0 aliphatic carbocycles. The third kappa shape index (κ3) is 5.48. The molecule has 0 aliphatic heterocycles. The highest BCUT2D eigenvalue weighted by Gasteiger charge is 2.20. The molecule has 1 rings (SSSR count). The van der Waals surface area contributed by atoms with Crippen molar-refractivity contribution in [3.05, 3.63) is 23.3 Å². The molecule has 120 valence electrons. The molecule has 0 aliphatic rings. The summed E-state index contributed by atoms with van der Waals surface area (Å²) in [4.78, 5) is 0.0622. The second kappa shape index (κ2) is 6.54. The van der Waals surface area contributed by atoms with E-state index in [2.05, 4.69) is 0 Å². The number of benzene rings is 1. The first-order valence-electron chi connectivity index (χ1n) is 6.31. The van der Waals surface area contributed by atoms with E-state index in [4.69, 9.17) is 15.4 Å². The Labute approximate surface area is 130 Å². The van der Waals surface area contributed by atoms with Crippen molar-refractivity contribution in [3.63, 3.8) is 0 Å². The van der Waals surface area contributed by atoms with Crippen molar-refractivity contribution in [1.29, 1.82) is 0 Å². The van der Waals surface area contributed by atoms with Crippen LogP contribution < -0.4 is 4.74 Å². The minimum absolute atomic E-state index is 0.0180. The van der Waals surface area contributed by atoms with Crippen LogP contribution in [-0.4, -0.2) is 35.5 Å². The van der Waals surface area contributed by atoms with Crippen LogP contribution in [0.3, 0.4) is 0 Å². The monoisotopic (exact) mass is 354 g/mol. The first-order valence-corrected chi connectivity index (χ1v) is 10.7. The van der Waals surface area contributed by atoms with Gasteiger partial charge in [-0.15, -0.1) is 0 Å². The molecule has 0 saturated heterocycles. The van der Waals surface area contributed by atoms with Gasteiger partial charge in [-0.3, -0.25) is 0 Å². The normalized spacial score (nSPS) is 12.7. The predicted molar refractivity (Wildman–Crippen MR) is 83.5 cm³/mol. The number of halogens is 1. The summed E-state index contributed by atoms with van der Waals surface area (Å²) in [6.07, 6.45) is 1.13. The van der Waals surface area contributed by atoms with Crippen molar-refractivity contribution in [2.24, 2.45) is 0 Å². The van der Waals surface area contributed by atoms with Crippen LogP contribution in [0.15, 0.2) is 17.0 Å². The van der Waals surface area contributed by atoms with Gasteiger partial charge in [0.1, 0.15) is 12.4 Å². The lowest BCUT2D eigenvalue weighted by Gasteiger charge is -2.16. The molecule has 0 amide bonds. The number of hydrogen-bond acceptors (Lipinski definition) is 5. The standard InChI is InChI=1S/C13H19ClO5S2/c1-9(2)11-8-12(19-5-6-20(4,15)16)10(3)7-13(11)21(14,17)18/h7-9H,5-6H2,1-4H3. The van der Waals surface area contributed by atoms with Gasteiger partial charge < -0.3 is 4.74 Å². The van der Waals surface area contributed by atoms with Crippen molar-refractivity contribution in [2.45, 2.75) is 31.6 Å². The lowest BCUT2D eigenvalue weighted by Crippen LogP contribution is -2.13. The zero-order valence-electron chi connectivity index (χ0n) is 12.4. The first kappa shape index (κ1) is 18.3. The summed E-state index contributed by atoms with van der Waals surface area (Å²) in [6.45, 7) is 5.39. The Balaban J connectivity index is 3.17. The Bertz CT molecular complexity index is 721. The molecule has 0 unspecified atom stereocenters. The highest BCUT2D eigenvalue weighted by atomic mass is 35.7. The summed E-state index contributed by atoms with van der Waals surface area (Å²) >= 11 is 0. The minimum atomic E-state index is -3.84. The zero-order valence-corrected chi connectivity index (χ0v) is 14.8. The molecule has 8 heteroatoms. The highest BCUT2D eigenvalue weighted by molar-refractivity contribution is 8.13. The molecule has 0 saturated carbocycles. The SMILES string of the molecule is Cc1cc(S(=O)(=O)Cl)c(C(C)C)cc1OCCS(C)(=O)=O. The number of ether oxygens (including phenoxy) is 1. The van der Waals surface area contributed by atoms with Gasteiger partial charge in [0.05, 0.1) is 10.6 Å². The van der Waals surface area contributed by atoms with E-state index < -0.39 is 18.9 Å². The smallest absolute Gasteiger partial charge is 0.261 e. The molecular weight excluding hydrogens is 336 g/mol. The predicted octanol–water partition coefficient (Wildman–Crippen LogP) is 2.47. The lowest BCUT2D eigenvalue weighted by atomic mass is 10.0. The third-order valence-corrected chi connectivity index (χ3v) is 5.19. The summed E-state index contributed by atoms with van der Waals surface area (Å²) in [7, 11) is -1.50. The second-order valence-electron chi connectivity index (χ2n) is 5.23.